The number of anilines is 1. The van der Waals surface area contributed by atoms with E-state index in [-0.39, 0.29) is 0 Å². The summed E-state index contributed by atoms with van der Waals surface area (Å²) in [6.45, 7) is 4.13. The van der Waals surface area contributed by atoms with Crippen LogP contribution >= 0.6 is 11.6 Å². The van der Waals surface area contributed by atoms with E-state index in [9.17, 15) is 0 Å². The summed E-state index contributed by atoms with van der Waals surface area (Å²) in [7, 11) is 2.13. The number of hydrogen-bond donors (Lipinski definition) is 3. The van der Waals surface area contributed by atoms with Crippen molar-refractivity contribution in [1.82, 2.24) is 10.6 Å². The van der Waals surface area contributed by atoms with Gasteiger partial charge in [0.1, 0.15) is 11.5 Å². The number of rotatable bonds is 6. The van der Waals surface area contributed by atoms with Crippen molar-refractivity contribution >= 4 is 29.1 Å². The van der Waals surface area contributed by atoms with Gasteiger partial charge >= 0.3 is 0 Å². The Hall–Kier alpha value is -2.50. The SMILES string of the molecule is CC1CCc2c(ccc(/C(C=N)=C/NC3CNC3)c2Oc2cccc(Cl)c2)N1C. The second-order valence-corrected chi connectivity index (χ2v) is 8.20. The van der Waals surface area contributed by atoms with E-state index in [1.54, 1.807) is 0 Å². The first-order valence-electron chi connectivity index (χ1n) is 10.1. The molecule has 6 heteroatoms. The van der Waals surface area contributed by atoms with E-state index in [0.717, 1.165) is 42.8 Å². The molecule has 0 aliphatic carbocycles. The van der Waals surface area contributed by atoms with Gasteiger partial charge in [-0.25, -0.2) is 0 Å². The van der Waals surface area contributed by atoms with Gasteiger partial charge in [-0.3, -0.25) is 0 Å². The van der Waals surface area contributed by atoms with Crippen molar-refractivity contribution < 1.29 is 4.74 Å². The van der Waals surface area contributed by atoms with Crippen LogP contribution in [0.25, 0.3) is 5.57 Å². The van der Waals surface area contributed by atoms with Crippen molar-refractivity contribution in [3.63, 3.8) is 0 Å². The maximum Gasteiger partial charge on any atom is 0.140 e. The zero-order valence-electron chi connectivity index (χ0n) is 16.8. The predicted octanol–water partition coefficient (Wildman–Crippen LogP) is 4.46. The molecular formula is C23H27ClN4O. The third kappa shape index (κ3) is 4.11. The van der Waals surface area contributed by atoms with Gasteiger partial charge in [0, 0.05) is 66.0 Å². The zero-order chi connectivity index (χ0) is 20.4. The van der Waals surface area contributed by atoms with Crippen LogP contribution in [0.2, 0.25) is 5.02 Å². The lowest BCUT2D eigenvalue weighted by molar-refractivity contribution is 0.402. The second-order valence-electron chi connectivity index (χ2n) is 7.76. The molecule has 0 bridgehead atoms. The Morgan fingerprint density at radius 3 is 2.83 bits per heavy atom. The lowest BCUT2D eigenvalue weighted by atomic mass is 9.92. The van der Waals surface area contributed by atoms with E-state index >= 15 is 0 Å². The van der Waals surface area contributed by atoms with Crippen molar-refractivity contribution in [1.29, 1.82) is 5.41 Å². The first-order valence-corrected chi connectivity index (χ1v) is 10.4. The molecule has 0 radical (unpaired) electrons. The molecule has 2 heterocycles. The van der Waals surface area contributed by atoms with Crippen molar-refractivity contribution in [2.75, 3.05) is 25.0 Å². The molecule has 2 aliphatic heterocycles. The van der Waals surface area contributed by atoms with Crippen LogP contribution in [0.1, 0.15) is 24.5 Å². The molecule has 4 rings (SSSR count). The summed E-state index contributed by atoms with van der Waals surface area (Å²) in [4.78, 5) is 2.31. The molecule has 2 aliphatic rings. The van der Waals surface area contributed by atoms with Gasteiger partial charge in [-0.1, -0.05) is 17.7 Å². The summed E-state index contributed by atoms with van der Waals surface area (Å²) >= 11 is 6.18. The van der Waals surface area contributed by atoms with Crippen LogP contribution in [-0.2, 0) is 6.42 Å². The largest absolute Gasteiger partial charge is 0.456 e. The molecule has 0 spiro atoms. The molecule has 1 unspecified atom stereocenters. The van der Waals surface area contributed by atoms with E-state index in [2.05, 4.69) is 41.6 Å². The van der Waals surface area contributed by atoms with Crippen LogP contribution in [-0.4, -0.2) is 38.4 Å². The Morgan fingerprint density at radius 2 is 2.14 bits per heavy atom. The Kier molecular flexibility index (Phi) is 5.79. The molecule has 2 aromatic carbocycles. The molecular weight excluding hydrogens is 384 g/mol. The number of benzene rings is 2. The van der Waals surface area contributed by atoms with Gasteiger partial charge in [0.15, 0.2) is 0 Å². The van der Waals surface area contributed by atoms with Crippen LogP contribution in [0, 0.1) is 5.41 Å². The maximum absolute atomic E-state index is 8.00. The molecule has 1 atom stereocenters. The normalized spacial score (nSPS) is 19.3. The van der Waals surface area contributed by atoms with Gasteiger partial charge in [-0.2, -0.15) is 0 Å². The predicted molar refractivity (Wildman–Crippen MR) is 121 cm³/mol. The maximum atomic E-state index is 8.00. The lowest BCUT2D eigenvalue weighted by Gasteiger charge is -2.35. The van der Waals surface area contributed by atoms with E-state index in [1.165, 1.54) is 17.5 Å². The Balaban J connectivity index is 1.78. The van der Waals surface area contributed by atoms with Gasteiger partial charge in [-0.15, -0.1) is 0 Å². The van der Waals surface area contributed by atoms with Crippen LogP contribution in [0.4, 0.5) is 5.69 Å². The number of nitrogens with zero attached hydrogens (tertiary/aromatic N) is 1. The number of fused-ring (bicyclic) bond motifs is 1. The fourth-order valence-corrected chi connectivity index (χ4v) is 3.96. The van der Waals surface area contributed by atoms with Gasteiger partial charge in [0.25, 0.3) is 0 Å². The molecule has 1 saturated heterocycles. The monoisotopic (exact) mass is 410 g/mol. The van der Waals surface area contributed by atoms with Crippen molar-refractivity contribution in [2.45, 2.75) is 31.8 Å². The van der Waals surface area contributed by atoms with Crippen molar-refractivity contribution in [3.8, 4) is 11.5 Å². The fraction of sp³-hybridized carbons (Fsp3) is 0.348. The van der Waals surface area contributed by atoms with Gasteiger partial charge in [0.05, 0.1) is 6.04 Å². The summed E-state index contributed by atoms with van der Waals surface area (Å²) in [5, 5.41) is 15.3. The number of halogens is 1. The summed E-state index contributed by atoms with van der Waals surface area (Å²) in [6, 6.07) is 12.6. The highest BCUT2D eigenvalue weighted by Crippen LogP contribution is 2.42. The average Bonchev–Trinajstić information content (AvgIpc) is 2.67. The topological polar surface area (TPSA) is 60.4 Å². The van der Waals surface area contributed by atoms with E-state index in [4.69, 9.17) is 21.7 Å². The third-order valence-electron chi connectivity index (χ3n) is 5.83. The highest BCUT2D eigenvalue weighted by molar-refractivity contribution is 6.30. The summed E-state index contributed by atoms with van der Waals surface area (Å²) in [6.07, 6.45) is 5.32. The molecule has 2 aromatic rings. The quantitative estimate of drug-likeness (QED) is 0.615. The molecule has 0 aromatic heterocycles. The number of nitrogens with one attached hydrogen (secondary N) is 3. The fourth-order valence-electron chi connectivity index (χ4n) is 3.78. The van der Waals surface area contributed by atoms with Crippen LogP contribution in [0.15, 0.2) is 42.6 Å². The average molecular weight is 411 g/mol. The highest BCUT2D eigenvalue weighted by atomic mass is 35.5. The van der Waals surface area contributed by atoms with Crippen molar-refractivity contribution in [2.24, 2.45) is 0 Å². The zero-order valence-corrected chi connectivity index (χ0v) is 17.6. The molecule has 5 nitrogen and oxygen atoms in total. The van der Waals surface area contributed by atoms with Gasteiger partial charge in [-0.05, 0) is 50.1 Å². The second kappa shape index (κ2) is 8.47. The third-order valence-corrected chi connectivity index (χ3v) is 6.06. The Labute approximate surface area is 177 Å². The Bertz CT molecular complexity index is 938. The number of hydrogen-bond acceptors (Lipinski definition) is 5. The first kappa shape index (κ1) is 19.8. The molecule has 3 N–H and O–H groups in total. The lowest BCUT2D eigenvalue weighted by Crippen LogP contribution is -2.53. The summed E-state index contributed by atoms with van der Waals surface area (Å²) in [5.41, 5.74) is 4.09. The first-order chi connectivity index (χ1) is 14.1. The molecule has 29 heavy (non-hydrogen) atoms. The summed E-state index contributed by atoms with van der Waals surface area (Å²) < 4.78 is 6.41. The number of ether oxygens (including phenoxy) is 1. The minimum Gasteiger partial charge on any atom is -0.456 e. The smallest absolute Gasteiger partial charge is 0.140 e. The molecule has 0 saturated carbocycles. The number of allylic oxidation sites excluding steroid dienone is 1. The van der Waals surface area contributed by atoms with Gasteiger partial charge in [0.2, 0.25) is 0 Å². The summed E-state index contributed by atoms with van der Waals surface area (Å²) in [5.74, 6) is 1.51. The van der Waals surface area contributed by atoms with E-state index < -0.39 is 0 Å². The highest BCUT2D eigenvalue weighted by Gasteiger charge is 2.26. The minimum atomic E-state index is 0.409. The van der Waals surface area contributed by atoms with E-state index in [1.807, 2.05) is 30.5 Å². The van der Waals surface area contributed by atoms with Crippen LogP contribution in [0.3, 0.4) is 0 Å². The van der Waals surface area contributed by atoms with Gasteiger partial charge < -0.3 is 25.7 Å². The molecule has 1 fully saturated rings. The Morgan fingerprint density at radius 1 is 1.31 bits per heavy atom. The standard InChI is InChI=1S/C23H27ClN4O/c1-15-6-7-21-22(28(15)2)9-8-20(16(11-25)12-27-18-13-26-14-18)23(21)29-19-5-3-4-17(24)10-19/h3-5,8-12,15,18,25-27H,6-7,13-14H2,1-2H3/b16-12+,25-11?. The molecule has 0 amide bonds. The van der Waals surface area contributed by atoms with Crippen molar-refractivity contribution in [3.05, 3.63) is 58.7 Å². The van der Waals surface area contributed by atoms with Crippen LogP contribution in [0.5, 0.6) is 11.5 Å². The van der Waals surface area contributed by atoms with Crippen LogP contribution < -0.4 is 20.3 Å². The minimum absolute atomic E-state index is 0.409. The van der Waals surface area contributed by atoms with E-state index in [0.29, 0.717) is 22.9 Å². The molecule has 152 valence electrons.